The van der Waals surface area contributed by atoms with Crippen molar-refractivity contribution >= 4 is 49.6 Å². The first-order valence-electron chi connectivity index (χ1n) is 14.6. The molecule has 1 aliphatic rings. The van der Waals surface area contributed by atoms with E-state index >= 15 is 0 Å². The Morgan fingerprint density at radius 1 is 1.09 bits per heavy atom. The molecule has 0 radical (unpaired) electrons. The monoisotopic (exact) mass is 617 g/mol. The van der Waals surface area contributed by atoms with Gasteiger partial charge in [-0.1, -0.05) is 37.3 Å². The van der Waals surface area contributed by atoms with Crippen molar-refractivity contribution in [2.45, 2.75) is 51.9 Å². The van der Waals surface area contributed by atoms with Crippen molar-refractivity contribution in [2.75, 3.05) is 23.4 Å². The zero-order chi connectivity index (χ0) is 31.3. The Balaban J connectivity index is 1.27. The summed E-state index contributed by atoms with van der Waals surface area (Å²) in [7, 11) is -0.770. The van der Waals surface area contributed by atoms with Crippen molar-refractivity contribution in [3.63, 3.8) is 0 Å². The lowest BCUT2D eigenvalue weighted by molar-refractivity contribution is -0.153. The summed E-state index contributed by atoms with van der Waals surface area (Å²) >= 11 is 0. The number of benzene rings is 2. The van der Waals surface area contributed by atoms with E-state index in [2.05, 4.69) is 30.9 Å². The van der Waals surface area contributed by atoms with Crippen LogP contribution in [0.5, 0.6) is 5.88 Å². The zero-order valence-electron chi connectivity index (χ0n) is 25.5. The van der Waals surface area contributed by atoms with Crippen LogP contribution in [0.4, 0.5) is 17.2 Å². The van der Waals surface area contributed by atoms with Crippen molar-refractivity contribution in [2.24, 2.45) is 11.8 Å². The van der Waals surface area contributed by atoms with Crippen LogP contribution in [0.15, 0.2) is 67.1 Å². The van der Waals surface area contributed by atoms with Gasteiger partial charge in [-0.3, -0.25) is 4.79 Å². The molecular formula is C33H39N5O5S. The van der Waals surface area contributed by atoms with Crippen LogP contribution in [0.3, 0.4) is 0 Å². The second kappa shape index (κ2) is 13.6. The molecule has 0 aliphatic heterocycles. The molecule has 2 aromatic carbocycles. The molecule has 5 rings (SSSR count). The third-order valence-corrected chi connectivity index (χ3v) is 8.60. The quantitative estimate of drug-likeness (QED) is 0.161. The summed E-state index contributed by atoms with van der Waals surface area (Å²) in [5, 5.41) is 4.21. The molecule has 232 valence electrons. The fraction of sp³-hybridized carbons (Fsp3) is 0.364. The van der Waals surface area contributed by atoms with E-state index in [0.29, 0.717) is 41.4 Å². The average molecular weight is 618 g/mol. The van der Waals surface area contributed by atoms with E-state index in [1.165, 1.54) is 6.33 Å². The maximum absolute atomic E-state index is 12.9. The molecule has 0 spiro atoms. The number of nitrogens with one attached hydrogen (secondary N) is 2. The highest BCUT2D eigenvalue weighted by Crippen LogP contribution is 2.37. The fourth-order valence-corrected chi connectivity index (χ4v) is 6.28. The van der Waals surface area contributed by atoms with E-state index < -0.39 is 9.71 Å². The maximum Gasteiger partial charge on any atom is 0.309 e. The normalized spacial score (nSPS) is 20.3. The van der Waals surface area contributed by atoms with E-state index in [1.807, 2.05) is 68.4 Å². The lowest BCUT2D eigenvalue weighted by Gasteiger charge is -2.37. The van der Waals surface area contributed by atoms with Crippen molar-refractivity contribution < 1.29 is 23.2 Å². The Morgan fingerprint density at radius 2 is 1.89 bits per heavy atom. The van der Waals surface area contributed by atoms with Gasteiger partial charge in [-0.05, 0) is 73.4 Å². The number of aryl methyl sites for hydroxylation is 1. The van der Waals surface area contributed by atoms with Gasteiger partial charge in [0.15, 0.2) is 0 Å². The molecule has 1 saturated carbocycles. The summed E-state index contributed by atoms with van der Waals surface area (Å²) in [4.78, 5) is 26.3. The smallest absolute Gasteiger partial charge is 0.309 e. The number of rotatable bonds is 11. The van der Waals surface area contributed by atoms with Crippen LogP contribution in [-0.4, -0.2) is 56.6 Å². The number of hydrogen-bond donors (Lipinski definition) is 2. The topological polar surface area (TPSA) is 125 Å². The number of fused-ring (bicyclic) bond motifs is 1. The molecule has 2 heterocycles. The van der Waals surface area contributed by atoms with Gasteiger partial charge in [0.05, 0.1) is 17.5 Å². The Labute approximate surface area is 258 Å². The highest BCUT2D eigenvalue weighted by Gasteiger charge is 2.37. The Hall–Kier alpha value is -4.22. The summed E-state index contributed by atoms with van der Waals surface area (Å²) in [6, 6.07) is 17.1. The Morgan fingerprint density at radius 3 is 2.64 bits per heavy atom. The molecule has 5 atom stereocenters. The highest BCUT2D eigenvalue weighted by atomic mass is 32.2. The Kier molecular flexibility index (Phi) is 9.65. The lowest BCUT2D eigenvalue weighted by atomic mass is 9.78. The van der Waals surface area contributed by atoms with Crippen molar-refractivity contribution in [1.29, 1.82) is 0 Å². The first kappa shape index (κ1) is 31.2. The SMILES string of the molecule is C=S(C)(=O)Nc1cc(C)c2c(Nc3cccnc3OC3CCC(C(C)C(=O)OCc4ccccc4)CC3OC)ncnc2c1. The molecule has 1 fully saturated rings. The van der Waals surface area contributed by atoms with Crippen molar-refractivity contribution in [3.8, 4) is 5.88 Å². The van der Waals surface area contributed by atoms with Crippen LogP contribution in [0.25, 0.3) is 10.9 Å². The first-order chi connectivity index (χ1) is 21.1. The first-order valence-corrected chi connectivity index (χ1v) is 16.7. The summed E-state index contributed by atoms with van der Waals surface area (Å²) in [6.07, 6.45) is 6.41. The second-order valence-corrected chi connectivity index (χ2v) is 13.6. The molecular weight excluding hydrogens is 578 g/mol. The minimum absolute atomic E-state index is 0.115. The van der Waals surface area contributed by atoms with Crippen LogP contribution in [0.1, 0.15) is 37.3 Å². The summed E-state index contributed by atoms with van der Waals surface area (Å²) in [5.41, 5.74) is 3.88. The number of methoxy groups -OCH3 is 1. The number of nitrogens with zero attached hydrogens (tertiary/aromatic N) is 3. The third-order valence-electron chi connectivity index (χ3n) is 7.93. The van der Waals surface area contributed by atoms with Gasteiger partial charge in [0.2, 0.25) is 5.88 Å². The van der Waals surface area contributed by atoms with Gasteiger partial charge in [-0.15, -0.1) is 0 Å². The molecule has 1 aliphatic carbocycles. The molecule has 5 unspecified atom stereocenters. The standard InChI is InChI=1S/C33H39N5O5S/c1-21-16-25(38-44(4,5)40)18-27-30(21)31(36-20-35-27)37-26-12-9-15-34-32(26)43-28-14-13-24(17-29(28)41-3)22(2)33(39)42-19-23-10-7-6-8-11-23/h6-12,15-16,18,20,22,24,28-29H,4,13-14,17,19H2,1-3,5H3,(H,38,40)(H,35,36,37). The molecule has 44 heavy (non-hydrogen) atoms. The molecule has 4 aromatic rings. The molecule has 0 bridgehead atoms. The predicted octanol–water partition coefficient (Wildman–Crippen LogP) is 5.69. The number of ether oxygens (including phenoxy) is 3. The number of carbonyl (C=O) groups excluding carboxylic acids is 1. The van der Waals surface area contributed by atoms with E-state index in [0.717, 1.165) is 22.9 Å². The van der Waals surface area contributed by atoms with Crippen molar-refractivity contribution in [3.05, 3.63) is 78.2 Å². The number of hydrogen-bond acceptors (Lipinski definition) is 9. The van der Waals surface area contributed by atoms with Crippen LogP contribution in [-0.2, 0) is 30.6 Å². The van der Waals surface area contributed by atoms with Gasteiger partial charge < -0.3 is 24.2 Å². The van der Waals surface area contributed by atoms with Gasteiger partial charge in [-0.25, -0.2) is 19.2 Å². The highest BCUT2D eigenvalue weighted by molar-refractivity contribution is 8.00. The number of pyridine rings is 1. The number of anilines is 3. The molecule has 11 heteroatoms. The maximum atomic E-state index is 12.9. The molecule has 2 N–H and O–H groups in total. The number of carbonyl (C=O) groups is 1. The minimum atomic E-state index is -2.44. The molecule has 0 saturated heterocycles. The lowest BCUT2D eigenvalue weighted by Crippen LogP contribution is -2.42. The van der Waals surface area contributed by atoms with Crippen LogP contribution >= 0.6 is 0 Å². The zero-order valence-corrected chi connectivity index (χ0v) is 26.3. The largest absolute Gasteiger partial charge is 0.470 e. The molecule has 2 aromatic heterocycles. The second-order valence-electron chi connectivity index (χ2n) is 11.4. The van der Waals surface area contributed by atoms with Gasteiger partial charge in [0.1, 0.15) is 30.5 Å². The molecule has 10 nitrogen and oxygen atoms in total. The van der Waals surface area contributed by atoms with Crippen LogP contribution in [0.2, 0.25) is 0 Å². The van der Waals surface area contributed by atoms with Gasteiger partial charge >= 0.3 is 5.97 Å². The fourth-order valence-electron chi connectivity index (χ4n) is 5.67. The van der Waals surface area contributed by atoms with Crippen LogP contribution in [0, 0.1) is 18.8 Å². The summed E-state index contributed by atoms with van der Waals surface area (Å²) in [6.45, 7) is 4.14. The Bertz CT molecular complexity index is 1720. The van der Waals surface area contributed by atoms with E-state index in [9.17, 15) is 9.00 Å². The molecule has 0 amide bonds. The number of esters is 1. The van der Waals surface area contributed by atoms with Gasteiger partial charge in [-0.2, -0.15) is 0 Å². The third kappa shape index (κ3) is 7.64. The van der Waals surface area contributed by atoms with E-state index in [4.69, 9.17) is 14.2 Å². The predicted molar refractivity (Wildman–Crippen MR) is 175 cm³/mol. The summed E-state index contributed by atoms with van der Waals surface area (Å²) < 4.78 is 33.1. The van der Waals surface area contributed by atoms with Gasteiger partial charge in [0.25, 0.3) is 0 Å². The number of aromatic nitrogens is 3. The summed E-state index contributed by atoms with van der Waals surface area (Å²) in [5.74, 6) is 4.36. The minimum Gasteiger partial charge on any atom is -0.470 e. The van der Waals surface area contributed by atoms with E-state index in [-0.39, 0.29) is 36.6 Å². The van der Waals surface area contributed by atoms with Gasteiger partial charge in [0, 0.05) is 40.3 Å². The average Bonchev–Trinajstić information content (AvgIpc) is 3.00. The van der Waals surface area contributed by atoms with Crippen LogP contribution < -0.4 is 14.8 Å². The van der Waals surface area contributed by atoms with Crippen molar-refractivity contribution in [1.82, 2.24) is 15.0 Å². The van der Waals surface area contributed by atoms with E-state index in [1.54, 1.807) is 19.6 Å².